The molecule has 1 saturated heterocycles. The molecule has 2 aromatic carbocycles. The molecule has 0 saturated carbocycles. The van der Waals surface area contributed by atoms with Crippen molar-refractivity contribution in [3.8, 4) is 5.88 Å². The van der Waals surface area contributed by atoms with Crippen LogP contribution in [-0.2, 0) is 6.54 Å². The van der Waals surface area contributed by atoms with Crippen LogP contribution < -0.4 is 4.74 Å². The molecule has 38 heavy (non-hydrogen) atoms. The van der Waals surface area contributed by atoms with Gasteiger partial charge in [-0.1, -0.05) is 73.6 Å². The van der Waals surface area contributed by atoms with E-state index < -0.39 is 0 Å². The summed E-state index contributed by atoms with van der Waals surface area (Å²) in [6.45, 7) is 21.7. The van der Waals surface area contributed by atoms with Gasteiger partial charge >= 0.3 is 0 Å². The molecule has 5 heteroatoms. The number of benzene rings is 2. The van der Waals surface area contributed by atoms with Crippen LogP contribution in [0.25, 0.3) is 16.6 Å². The third kappa shape index (κ3) is 9.13. The second kappa shape index (κ2) is 18.4. The molecule has 0 amide bonds. The lowest BCUT2D eigenvalue weighted by Gasteiger charge is -2.31. The van der Waals surface area contributed by atoms with E-state index in [-0.39, 0.29) is 5.82 Å². The van der Waals surface area contributed by atoms with Crippen molar-refractivity contribution in [3.63, 3.8) is 0 Å². The van der Waals surface area contributed by atoms with Crippen LogP contribution in [0.2, 0.25) is 0 Å². The van der Waals surface area contributed by atoms with Crippen LogP contribution in [0.5, 0.6) is 5.88 Å². The van der Waals surface area contributed by atoms with Crippen LogP contribution in [0, 0.1) is 18.7 Å². The molecule has 4 aromatic rings. The van der Waals surface area contributed by atoms with E-state index in [0.717, 1.165) is 54.6 Å². The molecule has 2 aromatic heterocycles. The summed E-state index contributed by atoms with van der Waals surface area (Å²) in [6, 6.07) is 17.3. The highest BCUT2D eigenvalue weighted by Gasteiger charge is 2.21. The van der Waals surface area contributed by atoms with Gasteiger partial charge in [0.1, 0.15) is 11.3 Å². The maximum atomic E-state index is 13.1. The number of likely N-dealkylation sites (tertiary alicyclic amines) is 1. The minimum Gasteiger partial charge on any atom is -0.476 e. The van der Waals surface area contributed by atoms with Gasteiger partial charge in [-0.05, 0) is 86.3 Å². The number of halogens is 1. The Labute approximate surface area is 230 Å². The van der Waals surface area contributed by atoms with Crippen LogP contribution in [0.3, 0.4) is 0 Å². The fraction of sp³-hybridized carbons (Fsp3) is 0.485. The first-order valence-corrected chi connectivity index (χ1v) is 14.6. The predicted molar refractivity (Wildman–Crippen MR) is 163 cm³/mol. The van der Waals surface area contributed by atoms with E-state index in [9.17, 15) is 4.39 Å². The number of nitrogens with zero attached hydrogens (tertiary/aromatic N) is 3. The zero-order valence-corrected chi connectivity index (χ0v) is 25.2. The van der Waals surface area contributed by atoms with Gasteiger partial charge in [0.15, 0.2) is 0 Å². The Balaban J connectivity index is 0.000000829. The van der Waals surface area contributed by atoms with Gasteiger partial charge in [-0.2, -0.15) is 0 Å². The molecule has 0 atom stereocenters. The van der Waals surface area contributed by atoms with Crippen LogP contribution in [0.4, 0.5) is 4.39 Å². The predicted octanol–water partition coefficient (Wildman–Crippen LogP) is 9.33. The zero-order valence-electron chi connectivity index (χ0n) is 25.2. The lowest BCUT2D eigenvalue weighted by Crippen LogP contribution is -2.35. The molecule has 0 unspecified atom stereocenters. The van der Waals surface area contributed by atoms with E-state index in [4.69, 9.17) is 9.72 Å². The first-order chi connectivity index (χ1) is 18.7. The summed E-state index contributed by atoms with van der Waals surface area (Å²) in [7, 11) is 0. The van der Waals surface area contributed by atoms with Gasteiger partial charge in [0.05, 0.1) is 17.6 Å². The van der Waals surface area contributed by atoms with Crippen molar-refractivity contribution in [1.82, 2.24) is 14.3 Å². The van der Waals surface area contributed by atoms with Crippen molar-refractivity contribution in [2.45, 2.75) is 81.7 Å². The summed E-state index contributed by atoms with van der Waals surface area (Å²) < 4.78 is 21.5. The minimum atomic E-state index is -0.177. The normalized spacial score (nSPS) is 13.1. The molecular weight excluding hydrogens is 473 g/mol. The van der Waals surface area contributed by atoms with E-state index in [2.05, 4.69) is 46.7 Å². The monoisotopic (exact) mass is 523 g/mol. The molecule has 0 N–H and O–H groups in total. The molecule has 210 valence electrons. The molecule has 3 heterocycles. The smallest absolute Gasteiger partial charge is 0.238 e. The van der Waals surface area contributed by atoms with Crippen molar-refractivity contribution in [2.24, 2.45) is 5.92 Å². The molecule has 0 bridgehead atoms. The lowest BCUT2D eigenvalue weighted by atomic mass is 9.97. The average molecular weight is 524 g/mol. The Bertz CT molecular complexity index is 1160. The lowest BCUT2D eigenvalue weighted by molar-refractivity contribution is 0.135. The molecule has 1 fully saturated rings. The summed E-state index contributed by atoms with van der Waals surface area (Å²) in [5.41, 5.74) is 5.43. The van der Waals surface area contributed by atoms with Gasteiger partial charge in [-0.3, -0.25) is 4.90 Å². The van der Waals surface area contributed by atoms with E-state index in [1.54, 1.807) is 0 Å². The van der Waals surface area contributed by atoms with Crippen molar-refractivity contribution in [3.05, 3.63) is 77.7 Å². The van der Waals surface area contributed by atoms with Gasteiger partial charge in [0, 0.05) is 12.7 Å². The summed E-state index contributed by atoms with van der Waals surface area (Å²) in [4.78, 5) is 7.25. The Kier molecular flexibility index (Phi) is 16.0. The summed E-state index contributed by atoms with van der Waals surface area (Å²) in [5.74, 6) is 1.07. The van der Waals surface area contributed by atoms with E-state index >= 15 is 0 Å². The highest BCUT2D eigenvalue weighted by atomic mass is 19.1. The summed E-state index contributed by atoms with van der Waals surface area (Å²) >= 11 is 0. The molecule has 4 nitrogen and oxygen atoms in total. The standard InChI is InChI=1S/C25H26FN3O.4C2H6/c1-18-4-9-23-22(15-18)27-25(24-3-2-12-29(23)24)30-17-20-10-13-28(14-11-20)16-19-5-7-21(26)8-6-19;4*1-2/h2-9,12,15,20H,10-11,13-14,16-17H2,1H3;4*1-2H3. The number of fused-ring (bicyclic) bond motifs is 3. The SMILES string of the molecule is CC.CC.CC.CC.Cc1ccc2c(c1)nc(OCC1CCN(Cc3ccc(F)cc3)CC1)c1cccn12. The molecule has 1 aliphatic heterocycles. The van der Waals surface area contributed by atoms with Gasteiger partial charge in [-0.15, -0.1) is 0 Å². The van der Waals surface area contributed by atoms with Gasteiger partial charge < -0.3 is 9.14 Å². The van der Waals surface area contributed by atoms with Gasteiger partial charge in [0.25, 0.3) is 0 Å². The fourth-order valence-corrected chi connectivity index (χ4v) is 4.32. The van der Waals surface area contributed by atoms with Crippen LogP contribution in [0.15, 0.2) is 60.8 Å². The second-order valence-corrected chi connectivity index (χ2v) is 8.33. The topological polar surface area (TPSA) is 29.8 Å². The number of aryl methyl sites for hydroxylation is 1. The molecule has 0 aliphatic carbocycles. The second-order valence-electron chi connectivity index (χ2n) is 8.33. The van der Waals surface area contributed by atoms with Gasteiger partial charge in [-0.25, -0.2) is 9.37 Å². The van der Waals surface area contributed by atoms with E-state index in [1.165, 1.54) is 17.7 Å². The number of ether oxygens (including phenoxy) is 1. The molecule has 0 spiro atoms. The Hall–Kier alpha value is -2.92. The summed E-state index contributed by atoms with van der Waals surface area (Å²) in [6.07, 6.45) is 4.27. The Morgan fingerprint density at radius 3 is 2.11 bits per heavy atom. The third-order valence-electron chi connectivity index (χ3n) is 6.06. The number of aromatic nitrogens is 2. The van der Waals surface area contributed by atoms with Crippen molar-refractivity contribution >= 4 is 16.6 Å². The number of rotatable bonds is 5. The highest BCUT2D eigenvalue weighted by Crippen LogP contribution is 2.26. The Morgan fingerprint density at radius 1 is 0.842 bits per heavy atom. The fourth-order valence-electron chi connectivity index (χ4n) is 4.32. The van der Waals surface area contributed by atoms with Crippen LogP contribution in [0.1, 0.15) is 79.4 Å². The van der Waals surface area contributed by atoms with Crippen molar-refractivity contribution in [2.75, 3.05) is 19.7 Å². The highest BCUT2D eigenvalue weighted by molar-refractivity contribution is 5.81. The third-order valence-corrected chi connectivity index (χ3v) is 6.06. The van der Waals surface area contributed by atoms with E-state index in [1.807, 2.05) is 73.6 Å². The Morgan fingerprint density at radius 2 is 1.47 bits per heavy atom. The number of hydrogen-bond donors (Lipinski definition) is 0. The molecular formula is C33H50FN3O. The van der Waals surface area contributed by atoms with E-state index in [0.29, 0.717) is 18.4 Å². The average Bonchev–Trinajstić information content (AvgIpc) is 3.48. The first kappa shape index (κ1) is 33.1. The largest absolute Gasteiger partial charge is 0.476 e. The first-order valence-electron chi connectivity index (χ1n) is 14.6. The quantitative estimate of drug-likeness (QED) is 0.261. The maximum absolute atomic E-state index is 13.1. The maximum Gasteiger partial charge on any atom is 0.238 e. The number of piperidine rings is 1. The van der Waals surface area contributed by atoms with Crippen LogP contribution in [-0.4, -0.2) is 34.0 Å². The number of hydrogen-bond acceptors (Lipinski definition) is 3. The molecule has 0 radical (unpaired) electrons. The van der Waals surface area contributed by atoms with Gasteiger partial charge in [0.2, 0.25) is 5.88 Å². The molecule has 1 aliphatic rings. The van der Waals surface area contributed by atoms with Crippen LogP contribution >= 0.6 is 0 Å². The minimum absolute atomic E-state index is 0.177. The van der Waals surface area contributed by atoms with Crippen molar-refractivity contribution in [1.29, 1.82) is 0 Å². The van der Waals surface area contributed by atoms with Crippen molar-refractivity contribution < 1.29 is 9.13 Å². The molecule has 5 rings (SSSR count). The zero-order chi connectivity index (χ0) is 28.5. The summed E-state index contributed by atoms with van der Waals surface area (Å²) in [5, 5.41) is 0.